The van der Waals surface area contributed by atoms with Crippen molar-refractivity contribution in [1.82, 2.24) is 4.72 Å². The van der Waals surface area contributed by atoms with E-state index in [9.17, 15) is 8.42 Å². The number of rotatable bonds is 6. The Bertz CT molecular complexity index is 531. The molecule has 0 amide bonds. The van der Waals surface area contributed by atoms with Crippen molar-refractivity contribution in [2.45, 2.75) is 45.6 Å². The monoisotopic (exact) mass is 298 g/mol. The molecule has 0 heterocycles. The smallest absolute Gasteiger partial charge is 0.240 e. The summed E-state index contributed by atoms with van der Waals surface area (Å²) >= 11 is 0. The summed E-state index contributed by atoms with van der Waals surface area (Å²) in [5.74, 6) is 0.394. The summed E-state index contributed by atoms with van der Waals surface area (Å²) in [7, 11) is -3.46. The Labute approximate surface area is 122 Å². The van der Waals surface area contributed by atoms with Crippen molar-refractivity contribution in [2.75, 3.05) is 6.54 Å². The SMILES string of the molecule is CC(N)c1ccc(S(=O)(=O)NCC(C)(C)C(C)C)cc1. The number of hydrogen-bond acceptors (Lipinski definition) is 3. The molecule has 3 N–H and O–H groups in total. The third-order valence-electron chi connectivity index (χ3n) is 4.00. The van der Waals surface area contributed by atoms with Gasteiger partial charge in [-0.25, -0.2) is 13.1 Å². The van der Waals surface area contributed by atoms with E-state index in [4.69, 9.17) is 5.73 Å². The van der Waals surface area contributed by atoms with Crippen LogP contribution in [0.3, 0.4) is 0 Å². The highest BCUT2D eigenvalue weighted by atomic mass is 32.2. The lowest BCUT2D eigenvalue weighted by atomic mass is 9.81. The molecule has 0 fully saturated rings. The summed E-state index contributed by atoms with van der Waals surface area (Å²) in [6, 6.07) is 6.62. The largest absolute Gasteiger partial charge is 0.324 e. The van der Waals surface area contributed by atoms with Crippen molar-refractivity contribution >= 4 is 10.0 Å². The molecule has 0 aliphatic carbocycles. The fourth-order valence-electron chi connectivity index (χ4n) is 1.52. The van der Waals surface area contributed by atoms with Crippen LogP contribution >= 0.6 is 0 Å². The van der Waals surface area contributed by atoms with Gasteiger partial charge in [-0.15, -0.1) is 0 Å². The summed E-state index contributed by atoms with van der Waals surface area (Å²) in [5, 5.41) is 0. The van der Waals surface area contributed by atoms with E-state index in [-0.39, 0.29) is 16.4 Å². The number of nitrogens with two attached hydrogens (primary N) is 1. The minimum atomic E-state index is -3.46. The maximum Gasteiger partial charge on any atom is 0.240 e. The van der Waals surface area contributed by atoms with Crippen molar-refractivity contribution in [2.24, 2.45) is 17.1 Å². The van der Waals surface area contributed by atoms with Gasteiger partial charge >= 0.3 is 0 Å². The summed E-state index contributed by atoms with van der Waals surface area (Å²) < 4.78 is 27.2. The van der Waals surface area contributed by atoms with Gasteiger partial charge in [0.05, 0.1) is 4.90 Å². The topological polar surface area (TPSA) is 72.2 Å². The zero-order chi connectivity index (χ0) is 15.6. The standard InChI is InChI=1S/C15H26N2O2S/c1-11(2)15(4,5)10-17-20(18,19)14-8-6-13(7-9-14)12(3)16/h6-9,11-12,17H,10,16H2,1-5H3. The van der Waals surface area contributed by atoms with Crippen molar-refractivity contribution in [1.29, 1.82) is 0 Å². The predicted octanol–water partition coefficient (Wildman–Crippen LogP) is 2.67. The van der Waals surface area contributed by atoms with Crippen LogP contribution in [0.25, 0.3) is 0 Å². The minimum absolute atomic E-state index is 0.0845. The molecule has 1 rings (SSSR count). The van der Waals surface area contributed by atoms with Crippen LogP contribution in [0.1, 0.15) is 46.2 Å². The van der Waals surface area contributed by atoms with E-state index in [1.165, 1.54) is 0 Å². The second-order valence-electron chi connectivity index (χ2n) is 6.33. The molecule has 1 unspecified atom stereocenters. The molecule has 0 aromatic heterocycles. The molecule has 1 aromatic rings. The summed E-state index contributed by atoms with van der Waals surface area (Å²) in [6.45, 7) is 10.6. The molecule has 1 aromatic carbocycles. The molecule has 0 bridgehead atoms. The summed E-state index contributed by atoms with van der Waals surface area (Å²) in [5.41, 5.74) is 6.59. The van der Waals surface area contributed by atoms with Crippen LogP contribution in [0.2, 0.25) is 0 Å². The van der Waals surface area contributed by atoms with Gasteiger partial charge < -0.3 is 5.73 Å². The third-order valence-corrected chi connectivity index (χ3v) is 5.41. The highest BCUT2D eigenvalue weighted by Gasteiger charge is 2.25. The zero-order valence-electron chi connectivity index (χ0n) is 13.0. The van der Waals surface area contributed by atoms with E-state index in [0.717, 1.165) is 5.56 Å². The molecule has 114 valence electrons. The van der Waals surface area contributed by atoms with Crippen LogP contribution < -0.4 is 10.5 Å². The lowest BCUT2D eigenvalue weighted by Gasteiger charge is -2.29. The van der Waals surface area contributed by atoms with Crippen molar-refractivity contribution in [3.8, 4) is 0 Å². The maximum atomic E-state index is 12.2. The molecule has 1 atom stereocenters. The van der Waals surface area contributed by atoms with Crippen molar-refractivity contribution in [3.05, 3.63) is 29.8 Å². The second kappa shape index (κ2) is 6.24. The Balaban J connectivity index is 2.84. The first-order chi connectivity index (χ1) is 9.06. The zero-order valence-corrected chi connectivity index (χ0v) is 13.8. The first-order valence-electron chi connectivity index (χ1n) is 6.91. The Hall–Kier alpha value is -0.910. The Kier molecular flexibility index (Phi) is 5.35. The van der Waals surface area contributed by atoms with E-state index in [1.807, 2.05) is 6.92 Å². The summed E-state index contributed by atoms with van der Waals surface area (Å²) in [4.78, 5) is 0.279. The van der Waals surface area contributed by atoms with Gasteiger partial charge in [0.25, 0.3) is 0 Å². The average Bonchev–Trinajstić information content (AvgIpc) is 2.36. The fraction of sp³-hybridized carbons (Fsp3) is 0.600. The van der Waals surface area contributed by atoms with Gasteiger partial charge in [-0.3, -0.25) is 0 Å². The summed E-state index contributed by atoms with van der Waals surface area (Å²) in [6.07, 6.45) is 0. The van der Waals surface area contributed by atoms with Gasteiger partial charge in [0, 0.05) is 12.6 Å². The highest BCUT2D eigenvalue weighted by molar-refractivity contribution is 7.89. The molecule has 0 radical (unpaired) electrons. The number of benzene rings is 1. The molecule has 5 heteroatoms. The molecule has 0 saturated carbocycles. The number of sulfonamides is 1. The Morgan fingerprint density at radius 1 is 1.15 bits per heavy atom. The van der Waals surface area contributed by atoms with Gasteiger partial charge in [0.15, 0.2) is 0 Å². The Morgan fingerprint density at radius 3 is 2.05 bits per heavy atom. The van der Waals surface area contributed by atoms with Gasteiger partial charge in [-0.2, -0.15) is 0 Å². The van der Waals surface area contributed by atoms with Gasteiger partial charge in [0.1, 0.15) is 0 Å². The number of nitrogens with one attached hydrogen (secondary N) is 1. The molecule has 20 heavy (non-hydrogen) atoms. The maximum absolute atomic E-state index is 12.2. The van der Waals surface area contributed by atoms with E-state index < -0.39 is 10.0 Å². The van der Waals surface area contributed by atoms with Crippen LogP contribution in [0, 0.1) is 11.3 Å². The molecular formula is C15H26N2O2S. The van der Waals surface area contributed by atoms with E-state index in [2.05, 4.69) is 32.4 Å². The van der Waals surface area contributed by atoms with Gasteiger partial charge in [-0.1, -0.05) is 39.8 Å². The van der Waals surface area contributed by atoms with Crippen LogP contribution in [0.4, 0.5) is 0 Å². The van der Waals surface area contributed by atoms with E-state index in [0.29, 0.717) is 12.5 Å². The molecule has 0 aliphatic rings. The lowest BCUT2D eigenvalue weighted by molar-refractivity contribution is 0.252. The fourth-order valence-corrected chi connectivity index (χ4v) is 2.74. The molecule has 4 nitrogen and oxygen atoms in total. The Morgan fingerprint density at radius 2 is 1.65 bits per heavy atom. The second-order valence-corrected chi connectivity index (χ2v) is 8.09. The number of hydrogen-bond donors (Lipinski definition) is 2. The molecule has 0 spiro atoms. The average molecular weight is 298 g/mol. The minimum Gasteiger partial charge on any atom is -0.324 e. The first-order valence-corrected chi connectivity index (χ1v) is 8.40. The normalized spacial score (nSPS) is 14.6. The molecule has 0 aliphatic heterocycles. The highest BCUT2D eigenvalue weighted by Crippen LogP contribution is 2.25. The lowest BCUT2D eigenvalue weighted by Crippen LogP contribution is -2.36. The van der Waals surface area contributed by atoms with Gasteiger partial charge in [0.2, 0.25) is 10.0 Å². The molecule has 0 saturated heterocycles. The first kappa shape index (κ1) is 17.1. The predicted molar refractivity (Wildman–Crippen MR) is 82.9 cm³/mol. The van der Waals surface area contributed by atoms with Gasteiger partial charge in [-0.05, 0) is 36.0 Å². The third kappa shape index (κ3) is 4.30. The van der Waals surface area contributed by atoms with Crippen molar-refractivity contribution < 1.29 is 8.42 Å². The van der Waals surface area contributed by atoms with Crippen LogP contribution in [0.15, 0.2) is 29.2 Å². The van der Waals surface area contributed by atoms with Crippen molar-refractivity contribution in [3.63, 3.8) is 0 Å². The van der Waals surface area contributed by atoms with Crippen LogP contribution in [-0.2, 0) is 10.0 Å². The van der Waals surface area contributed by atoms with Crippen LogP contribution in [0.5, 0.6) is 0 Å². The van der Waals surface area contributed by atoms with Crippen LogP contribution in [-0.4, -0.2) is 15.0 Å². The van der Waals surface area contributed by atoms with E-state index in [1.54, 1.807) is 24.3 Å². The quantitative estimate of drug-likeness (QED) is 0.848. The molecular weight excluding hydrogens is 272 g/mol. The van der Waals surface area contributed by atoms with E-state index >= 15 is 0 Å².